The van der Waals surface area contributed by atoms with Gasteiger partial charge < -0.3 is 20.9 Å². The van der Waals surface area contributed by atoms with Crippen molar-refractivity contribution in [3.63, 3.8) is 0 Å². The van der Waals surface area contributed by atoms with Crippen molar-refractivity contribution in [3.05, 3.63) is 0 Å². The second-order valence-electron chi connectivity index (χ2n) is 4.21. The molecule has 0 aromatic rings. The summed E-state index contributed by atoms with van der Waals surface area (Å²) in [5, 5.41) is 0. The van der Waals surface area contributed by atoms with E-state index in [0.717, 1.165) is 32.2 Å². The van der Waals surface area contributed by atoms with Crippen LogP contribution in [0.3, 0.4) is 0 Å². The fourth-order valence-corrected chi connectivity index (χ4v) is 1.29. The van der Waals surface area contributed by atoms with Gasteiger partial charge in [0.1, 0.15) is 0 Å². The van der Waals surface area contributed by atoms with Crippen LogP contribution in [0.2, 0.25) is 0 Å². The van der Waals surface area contributed by atoms with E-state index in [1.807, 2.05) is 0 Å². The molecule has 2 atom stereocenters. The SMILES string of the molecule is CCC(C)OCCOCC(N)CCCCN. The molecule has 4 nitrogen and oxygen atoms in total. The predicted octanol–water partition coefficient (Wildman–Crippen LogP) is 1.27. The third-order valence-electron chi connectivity index (χ3n) is 2.57. The van der Waals surface area contributed by atoms with Crippen LogP contribution < -0.4 is 11.5 Å². The molecular formula is C12H28N2O2. The first kappa shape index (κ1) is 15.8. The third kappa shape index (κ3) is 10.4. The van der Waals surface area contributed by atoms with E-state index in [2.05, 4.69) is 13.8 Å². The minimum Gasteiger partial charge on any atom is -0.377 e. The number of hydrogen-bond acceptors (Lipinski definition) is 4. The summed E-state index contributed by atoms with van der Waals surface area (Å²) in [6, 6.07) is 0.134. The minimum atomic E-state index is 0.134. The first-order valence-electron chi connectivity index (χ1n) is 6.35. The van der Waals surface area contributed by atoms with Crippen LogP contribution in [0.4, 0.5) is 0 Å². The van der Waals surface area contributed by atoms with Crippen LogP contribution in [0.15, 0.2) is 0 Å². The average Bonchev–Trinajstić information content (AvgIpc) is 2.28. The van der Waals surface area contributed by atoms with Gasteiger partial charge in [0.05, 0.1) is 25.9 Å². The van der Waals surface area contributed by atoms with E-state index >= 15 is 0 Å². The van der Waals surface area contributed by atoms with Gasteiger partial charge in [-0.15, -0.1) is 0 Å². The Labute approximate surface area is 99.7 Å². The number of unbranched alkanes of at least 4 members (excludes halogenated alkanes) is 1. The smallest absolute Gasteiger partial charge is 0.0704 e. The molecule has 0 heterocycles. The zero-order valence-corrected chi connectivity index (χ0v) is 10.8. The average molecular weight is 232 g/mol. The molecule has 0 amide bonds. The molecule has 0 fully saturated rings. The van der Waals surface area contributed by atoms with Crippen molar-refractivity contribution in [2.75, 3.05) is 26.4 Å². The molecule has 0 aliphatic heterocycles. The Morgan fingerprint density at radius 3 is 2.56 bits per heavy atom. The highest BCUT2D eigenvalue weighted by molar-refractivity contribution is 4.60. The lowest BCUT2D eigenvalue weighted by atomic mass is 10.1. The van der Waals surface area contributed by atoms with Crippen LogP contribution in [-0.4, -0.2) is 38.5 Å². The first-order chi connectivity index (χ1) is 7.70. The lowest BCUT2D eigenvalue weighted by Gasteiger charge is -2.13. The molecule has 0 spiro atoms. The molecule has 0 aliphatic carbocycles. The summed E-state index contributed by atoms with van der Waals surface area (Å²) in [6.45, 7) is 6.83. The van der Waals surface area contributed by atoms with E-state index in [1.54, 1.807) is 0 Å². The predicted molar refractivity (Wildman–Crippen MR) is 67.4 cm³/mol. The Morgan fingerprint density at radius 1 is 1.19 bits per heavy atom. The molecular weight excluding hydrogens is 204 g/mol. The lowest BCUT2D eigenvalue weighted by Crippen LogP contribution is -2.27. The second-order valence-corrected chi connectivity index (χ2v) is 4.21. The summed E-state index contributed by atoms with van der Waals surface area (Å²) in [4.78, 5) is 0. The maximum atomic E-state index is 5.88. The van der Waals surface area contributed by atoms with E-state index in [-0.39, 0.29) is 6.04 Å². The van der Waals surface area contributed by atoms with Crippen molar-refractivity contribution in [2.24, 2.45) is 11.5 Å². The Morgan fingerprint density at radius 2 is 1.94 bits per heavy atom. The van der Waals surface area contributed by atoms with Crippen LogP contribution >= 0.6 is 0 Å². The molecule has 0 rings (SSSR count). The summed E-state index contributed by atoms with van der Waals surface area (Å²) >= 11 is 0. The fourth-order valence-electron chi connectivity index (χ4n) is 1.29. The molecule has 0 radical (unpaired) electrons. The summed E-state index contributed by atoms with van der Waals surface area (Å²) in [5.74, 6) is 0. The summed E-state index contributed by atoms with van der Waals surface area (Å²) in [5.41, 5.74) is 11.3. The zero-order chi connectivity index (χ0) is 12.2. The van der Waals surface area contributed by atoms with Crippen molar-refractivity contribution in [2.45, 2.75) is 51.7 Å². The van der Waals surface area contributed by atoms with E-state index in [1.165, 1.54) is 0 Å². The van der Waals surface area contributed by atoms with E-state index in [4.69, 9.17) is 20.9 Å². The van der Waals surface area contributed by atoms with Gasteiger partial charge in [-0.3, -0.25) is 0 Å². The van der Waals surface area contributed by atoms with Crippen molar-refractivity contribution >= 4 is 0 Å². The molecule has 4 N–H and O–H groups in total. The Bertz CT molecular complexity index is 145. The highest BCUT2D eigenvalue weighted by atomic mass is 16.5. The second kappa shape index (κ2) is 11.3. The van der Waals surface area contributed by atoms with Crippen molar-refractivity contribution in [3.8, 4) is 0 Å². The van der Waals surface area contributed by atoms with Crippen molar-refractivity contribution < 1.29 is 9.47 Å². The molecule has 0 aromatic carbocycles. The van der Waals surface area contributed by atoms with Gasteiger partial charge in [-0.05, 0) is 32.7 Å². The summed E-state index contributed by atoms with van der Waals surface area (Å²) in [6.07, 6.45) is 4.49. The Hall–Kier alpha value is -0.160. The quantitative estimate of drug-likeness (QED) is 0.526. The topological polar surface area (TPSA) is 70.5 Å². The van der Waals surface area contributed by atoms with Crippen LogP contribution in [0, 0.1) is 0 Å². The highest BCUT2D eigenvalue weighted by Crippen LogP contribution is 1.99. The van der Waals surface area contributed by atoms with Crippen LogP contribution in [0.25, 0.3) is 0 Å². The summed E-state index contributed by atoms with van der Waals surface area (Å²) < 4.78 is 10.9. The molecule has 0 saturated heterocycles. The minimum absolute atomic E-state index is 0.134. The standard InChI is InChI=1S/C12H28N2O2/c1-3-11(2)16-9-8-15-10-12(14)6-4-5-7-13/h11-12H,3-10,13-14H2,1-2H3. The largest absolute Gasteiger partial charge is 0.377 e. The molecule has 0 aromatic heterocycles. The number of ether oxygens (including phenoxy) is 2. The number of nitrogens with two attached hydrogens (primary N) is 2. The Balaban J connectivity index is 3.17. The lowest BCUT2D eigenvalue weighted by molar-refractivity contribution is 0.00771. The first-order valence-corrected chi connectivity index (χ1v) is 6.35. The number of hydrogen-bond donors (Lipinski definition) is 2. The van der Waals surface area contributed by atoms with Crippen LogP contribution in [0.1, 0.15) is 39.5 Å². The van der Waals surface area contributed by atoms with Crippen molar-refractivity contribution in [1.29, 1.82) is 0 Å². The van der Waals surface area contributed by atoms with Gasteiger partial charge in [-0.2, -0.15) is 0 Å². The molecule has 16 heavy (non-hydrogen) atoms. The van der Waals surface area contributed by atoms with E-state index < -0.39 is 0 Å². The normalized spacial score (nSPS) is 15.0. The van der Waals surface area contributed by atoms with Gasteiger partial charge in [-0.1, -0.05) is 13.3 Å². The third-order valence-corrected chi connectivity index (χ3v) is 2.57. The van der Waals surface area contributed by atoms with Gasteiger partial charge in [-0.25, -0.2) is 0 Å². The van der Waals surface area contributed by atoms with Gasteiger partial charge in [0, 0.05) is 6.04 Å². The summed E-state index contributed by atoms with van der Waals surface area (Å²) in [7, 11) is 0. The van der Waals surface area contributed by atoms with Crippen LogP contribution in [-0.2, 0) is 9.47 Å². The Kier molecular flexibility index (Phi) is 11.2. The van der Waals surface area contributed by atoms with Crippen LogP contribution in [0.5, 0.6) is 0 Å². The zero-order valence-electron chi connectivity index (χ0n) is 10.8. The van der Waals surface area contributed by atoms with Gasteiger partial charge in [0.2, 0.25) is 0 Å². The van der Waals surface area contributed by atoms with Gasteiger partial charge in [0.15, 0.2) is 0 Å². The molecule has 98 valence electrons. The van der Waals surface area contributed by atoms with E-state index in [0.29, 0.717) is 25.9 Å². The highest BCUT2D eigenvalue weighted by Gasteiger charge is 2.02. The number of rotatable bonds is 11. The molecule has 0 saturated carbocycles. The van der Waals surface area contributed by atoms with Gasteiger partial charge >= 0.3 is 0 Å². The van der Waals surface area contributed by atoms with Crippen molar-refractivity contribution in [1.82, 2.24) is 0 Å². The maximum Gasteiger partial charge on any atom is 0.0704 e. The van der Waals surface area contributed by atoms with E-state index in [9.17, 15) is 0 Å². The molecule has 2 unspecified atom stereocenters. The fraction of sp³-hybridized carbons (Fsp3) is 1.00. The van der Waals surface area contributed by atoms with Gasteiger partial charge in [0.25, 0.3) is 0 Å². The molecule has 0 aliphatic rings. The molecule has 4 heteroatoms. The maximum absolute atomic E-state index is 5.88. The monoisotopic (exact) mass is 232 g/mol. The molecule has 0 bridgehead atoms.